The summed E-state index contributed by atoms with van der Waals surface area (Å²) in [4.78, 5) is 21.2. The van der Waals surface area contributed by atoms with Gasteiger partial charge in [0.25, 0.3) is 0 Å². The van der Waals surface area contributed by atoms with E-state index in [2.05, 4.69) is 14.7 Å². The molecule has 2 N–H and O–H groups in total. The number of carbonyl (C=O) groups excluding carboxylic acids is 1. The molecule has 198 valence electrons. The van der Waals surface area contributed by atoms with Gasteiger partial charge < -0.3 is 13.5 Å². The topological polar surface area (TPSA) is 112 Å². The Labute approximate surface area is 224 Å². The van der Waals surface area contributed by atoms with Crippen molar-refractivity contribution in [1.29, 1.82) is 0 Å². The second kappa shape index (κ2) is 10.0. The number of aromatic nitrogens is 2. The third kappa shape index (κ3) is 5.24. The lowest BCUT2D eigenvalue weighted by Crippen LogP contribution is -2.41. The summed E-state index contributed by atoms with van der Waals surface area (Å²) in [6.07, 6.45) is 0.444. The maximum Gasteiger partial charge on any atom is 0.241 e. The molecule has 0 saturated heterocycles. The van der Waals surface area contributed by atoms with Crippen molar-refractivity contribution in [1.82, 2.24) is 19.0 Å². The van der Waals surface area contributed by atoms with E-state index >= 15 is 0 Å². The first kappa shape index (κ1) is 26.1. The Morgan fingerprint density at radius 2 is 1.66 bits per heavy atom. The highest BCUT2D eigenvalue weighted by Gasteiger charge is 2.28. The summed E-state index contributed by atoms with van der Waals surface area (Å²) in [5.74, 6) is 0.350. The molecule has 0 unspecified atom stereocenters. The van der Waals surface area contributed by atoms with Crippen LogP contribution in [0.5, 0.6) is 0 Å². The lowest BCUT2D eigenvalue weighted by atomic mass is 10.0. The van der Waals surface area contributed by atoms with Crippen molar-refractivity contribution in [2.24, 2.45) is 0 Å². The van der Waals surface area contributed by atoms with Gasteiger partial charge in [0.15, 0.2) is 0 Å². The van der Waals surface area contributed by atoms with Gasteiger partial charge in [-0.05, 0) is 62.6 Å². The van der Waals surface area contributed by atoms with Gasteiger partial charge >= 0.3 is 0 Å². The number of nitrogens with one attached hydrogen (secondary N) is 2. The van der Waals surface area contributed by atoms with Crippen LogP contribution >= 0.6 is 0 Å². The van der Waals surface area contributed by atoms with Crippen LogP contribution in [-0.2, 0) is 36.0 Å². The van der Waals surface area contributed by atoms with Crippen molar-refractivity contribution in [3.05, 3.63) is 95.8 Å². The molecule has 1 aromatic heterocycles. The van der Waals surface area contributed by atoms with Gasteiger partial charge in [-0.15, -0.1) is 4.86 Å². The molecule has 1 atom stereocenters. The number of imidazole rings is 1. The fraction of sp³-hybridized carbons (Fsp3) is 0.250. The van der Waals surface area contributed by atoms with E-state index in [1.807, 2.05) is 69.3 Å². The van der Waals surface area contributed by atoms with Crippen molar-refractivity contribution in [3.63, 3.8) is 0 Å². The second-order valence-electron chi connectivity index (χ2n) is 10.2. The lowest BCUT2D eigenvalue weighted by Gasteiger charge is -2.37. The van der Waals surface area contributed by atoms with E-state index in [-0.39, 0.29) is 17.2 Å². The molecule has 1 aliphatic heterocycles. The molecule has 4 aromatic rings. The predicted octanol–water partition coefficient (Wildman–Crippen LogP) is 4.26. The number of hydrogen-bond acceptors (Lipinski definition) is 6. The maximum atomic E-state index is 13.2. The Morgan fingerprint density at radius 3 is 2.29 bits per heavy atom. The van der Waals surface area contributed by atoms with Crippen LogP contribution in [0.4, 0.5) is 0 Å². The van der Waals surface area contributed by atoms with E-state index in [9.17, 15) is 17.4 Å². The number of H-pyrrole nitrogens is 1. The van der Waals surface area contributed by atoms with E-state index in [0.29, 0.717) is 17.1 Å². The normalized spacial score (nSPS) is 15.9. The van der Waals surface area contributed by atoms with Crippen LogP contribution in [0.25, 0.3) is 11.0 Å². The molecule has 3 aromatic carbocycles. The van der Waals surface area contributed by atoms with Gasteiger partial charge in [0.1, 0.15) is 5.82 Å². The molecule has 2 heterocycles. The number of fused-ring (bicyclic) bond motifs is 1. The van der Waals surface area contributed by atoms with Crippen LogP contribution in [-0.4, -0.2) is 39.0 Å². The summed E-state index contributed by atoms with van der Waals surface area (Å²) >= 11 is 0. The fourth-order valence-electron chi connectivity index (χ4n) is 4.55. The molecule has 5 rings (SSSR count). The SMILES string of the molecule is CC(C)(C)N1C(=O)CC(c2ccc(C[C@H](NS(=O)(=O)c3ccccc3)c3nc4ccccc4[nH]3)cc2)=[S-]1=O. The molecular formula is C28H29N4O4S2-. The molecule has 0 bridgehead atoms. The van der Waals surface area contributed by atoms with Crippen LogP contribution in [0.1, 0.15) is 50.2 Å². The van der Waals surface area contributed by atoms with Crippen LogP contribution in [0.15, 0.2) is 83.8 Å². The Hall–Kier alpha value is -3.47. The number of sulfonamides is 1. The first-order valence-corrected chi connectivity index (χ1v) is 14.8. The summed E-state index contributed by atoms with van der Waals surface area (Å²) in [5.41, 5.74) is 2.61. The Balaban J connectivity index is 1.45. The molecule has 0 fully saturated rings. The molecule has 38 heavy (non-hydrogen) atoms. The predicted molar refractivity (Wildman–Crippen MR) is 149 cm³/mol. The number of rotatable bonds is 7. The zero-order valence-electron chi connectivity index (χ0n) is 21.3. The summed E-state index contributed by atoms with van der Waals surface area (Å²) in [5, 5.41) is 0. The highest BCUT2D eigenvalue weighted by molar-refractivity contribution is 7.89. The van der Waals surface area contributed by atoms with E-state index in [0.717, 1.165) is 22.2 Å². The van der Waals surface area contributed by atoms with E-state index in [4.69, 9.17) is 0 Å². The van der Waals surface area contributed by atoms with Crippen LogP contribution in [0.2, 0.25) is 0 Å². The largest absolute Gasteiger partial charge is 0.441 e. The Bertz CT molecular complexity index is 1650. The summed E-state index contributed by atoms with van der Waals surface area (Å²) in [6, 6.07) is 22.5. The number of carbonyl (C=O) groups is 1. The van der Waals surface area contributed by atoms with Gasteiger partial charge in [-0.2, -0.15) is 10.6 Å². The third-order valence-corrected chi connectivity index (χ3v) is 9.70. The Kier molecular flexibility index (Phi) is 6.89. The number of amides is 1. The number of benzene rings is 3. The molecule has 1 amide bonds. The van der Waals surface area contributed by atoms with Gasteiger partial charge in [-0.3, -0.25) is 4.79 Å². The minimum atomic E-state index is -3.82. The highest BCUT2D eigenvalue weighted by Crippen LogP contribution is 2.26. The maximum absolute atomic E-state index is 13.2. The van der Waals surface area contributed by atoms with Gasteiger partial charge in [-0.1, -0.05) is 54.6 Å². The summed E-state index contributed by atoms with van der Waals surface area (Å²) in [7, 11) is -5.36. The number of aromatic amines is 1. The highest BCUT2D eigenvalue weighted by atomic mass is 32.2. The van der Waals surface area contributed by atoms with E-state index in [1.165, 1.54) is 4.31 Å². The van der Waals surface area contributed by atoms with Crippen molar-refractivity contribution >= 4 is 42.4 Å². The van der Waals surface area contributed by atoms with E-state index < -0.39 is 32.2 Å². The van der Waals surface area contributed by atoms with Gasteiger partial charge in [0, 0.05) is 12.0 Å². The molecule has 8 nitrogen and oxygen atoms in total. The van der Waals surface area contributed by atoms with Crippen LogP contribution in [0.3, 0.4) is 0 Å². The van der Waals surface area contributed by atoms with Gasteiger partial charge in [0.2, 0.25) is 15.9 Å². The zero-order chi connectivity index (χ0) is 27.1. The molecule has 0 radical (unpaired) electrons. The fourth-order valence-corrected chi connectivity index (χ4v) is 7.32. The smallest absolute Gasteiger partial charge is 0.241 e. The first-order valence-electron chi connectivity index (χ1n) is 12.2. The summed E-state index contributed by atoms with van der Waals surface area (Å²) < 4.78 is 43.7. The average Bonchev–Trinajstić information content (AvgIpc) is 3.44. The minimum absolute atomic E-state index is 0.113. The first-order chi connectivity index (χ1) is 18.0. The molecular weight excluding hydrogens is 520 g/mol. The van der Waals surface area contributed by atoms with Crippen LogP contribution < -0.4 is 4.72 Å². The molecule has 10 heteroatoms. The van der Waals surface area contributed by atoms with Gasteiger partial charge in [-0.25, -0.2) is 18.1 Å². The summed E-state index contributed by atoms with van der Waals surface area (Å²) in [6.45, 7) is 5.59. The monoisotopic (exact) mass is 549 g/mol. The number of hydrogen-bond donors (Lipinski definition) is 2. The zero-order valence-corrected chi connectivity index (χ0v) is 23.0. The molecule has 0 spiro atoms. The lowest BCUT2D eigenvalue weighted by molar-refractivity contribution is -0.127. The third-order valence-electron chi connectivity index (χ3n) is 6.33. The standard InChI is InChI=1S/C28H29N4O4S2/c1-28(2,3)32-26(33)18-25(37(32)34)20-15-13-19(14-16-20)17-24(27-29-22-11-7-8-12-23(22)30-27)31-38(35,36)21-9-5-4-6-10-21/h4-16,24,31H,17-18H2,1-3H3,(H,29,30)/q-1/t24-/m0/s1. The van der Waals surface area contributed by atoms with Gasteiger partial charge in [0.05, 0.1) is 22.0 Å². The van der Waals surface area contributed by atoms with Crippen molar-refractivity contribution < 1.29 is 17.4 Å². The van der Waals surface area contributed by atoms with Crippen molar-refractivity contribution in [2.45, 2.75) is 50.1 Å². The van der Waals surface area contributed by atoms with Crippen molar-refractivity contribution in [2.75, 3.05) is 0 Å². The van der Waals surface area contributed by atoms with Crippen LogP contribution in [0, 0.1) is 0 Å². The number of nitrogens with zero attached hydrogens (tertiary/aromatic N) is 2. The van der Waals surface area contributed by atoms with Crippen molar-refractivity contribution in [3.8, 4) is 0 Å². The second-order valence-corrected chi connectivity index (χ2v) is 13.3. The Morgan fingerprint density at radius 1 is 1.00 bits per heavy atom. The quantitative estimate of drug-likeness (QED) is 0.264. The molecule has 0 saturated carbocycles. The minimum Gasteiger partial charge on any atom is -0.441 e. The molecule has 1 aliphatic rings. The number of para-hydroxylation sites is 2. The molecule has 0 aliphatic carbocycles. The van der Waals surface area contributed by atoms with E-state index in [1.54, 1.807) is 30.3 Å². The average molecular weight is 550 g/mol.